The average Bonchev–Trinajstić information content (AvgIpc) is 3.41. The predicted molar refractivity (Wildman–Crippen MR) is 157 cm³/mol. The monoisotopic (exact) mass is 535 g/mol. The van der Waals surface area contributed by atoms with Crippen molar-refractivity contribution in [3.63, 3.8) is 0 Å². The minimum absolute atomic E-state index is 0.0657. The van der Waals surface area contributed by atoms with Gasteiger partial charge in [-0.3, -0.25) is 9.59 Å². The van der Waals surface area contributed by atoms with Crippen LogP contribution in [0.4, 0.5) is 0 Å². The van der Waals surface area contributed by atoms with E-state index in [0.717, 1.165) is 34.0 Å². The SMILES string of the molecule is CCC(=O)N(Cc1cccc2ccccc12)C[C@@H](NC(=O)Cc1cncn1Cc1ccc(C#N)cc1)[C@@H](C)CC. The highest BCUT2D eigenvalue weighted by atomic mass is 16.2. The van der Waals surface area contributed by atoms with Gasteiger partial charge in [-0.15, -0.1) is 0 Å². The van der Waals surface area contributed by atoms with E-state index >= 15 is 0 Å². The lowest BCUT2D eigenvalue weighted by atomic mass is 9.97. The number of aromatic nitrogens is 2. The van der Waals surface area contributed by atoms with Crippen molar-refractivity contribution in [1.29, 1.82) is 5.26 Å². The van der Waals surface area contributed by atoms with Crippen LogP contribution >= 0.6 is 0 Å². The minimum atomic E-state index is -0.183. The van der Waals surface area contributed by atoms with E-state index in [1.54, 1.807) is 24.7 Å². The number of carbonyl (C=O) groups is 2. The summed E-state index contributed by atoms with van der Waals surface area (Å²) >= 11 is 0. The molecular weight excluding hydrogens is 498 g/mol. The Balaban J connectivity index is 1.47. The number of nitrogens with one attached hydrogen (secondary N) is 1. The lowest BCUT2D eigenvalue weighted by Crippen LogP contribution is -2.49. The molecule has 2 amide bonds. The van der Waals surface area contributed by atoms with Gasteiger partial charge >= 0.3 is 0 Å². The quantitative estimate of drug-likeness (QED) is 0.261. The highest BCUT2D eigenvalue weighted by Gasteiger charge is 2.25. The van der Waals surface area contributed by atoms with Gasteiger partial charge in [0.15, 0.2) is 0 Å². The highest BCUT2D eigenvalue weighted by Crippen LogP contribution is 2.21. The third kappa shape index (κ3) is 7.15. The molecule has 206 valence electrons. The Morgan fingerprint density at radius 2 is 1.80 bits per heavy atom. The molecule has 0 aliphatic carbocycles. The van der Waals surface area contributed by atoms with Crippen molar-refractivity contribution in [2.24, 2.45) is 5.92 Å². The van der Waals surface area contributed by atoms with Crippen LogP contribution < -0.4 is 5.32 Å². The number of nitrogens with zero attached hydrogens (tertiary/aromatic N) is 4. The fourth-order valence-corrected chi connectivity index (χ4v) is 4.95. The molecule has 2 atom stereocenters. The Bertz CT molecular complexity index is 1480. The molecule has 0 spiro atoms. The highest BCUT2D eigenvalue weighted by molar-refractivity contribution is 5.86. The molecule has 4 rings (SSSR count). The number of benzene rings is 3. The summed E-state index contributed by atoms with van der Waals surface area (Å²) < 4.78 is 1.95. The summed E-state index contributed by atoms with van der Waals surface area (Å²) in [5.74, 6) is 0.157. The molecule has 0 aliphatic heterocycles. The van der Waals surface area contributed by atoms with E-state index in [0.29, 0.717) is 31.6 Å². The van der Waals surface area contributed by atoms with Gasteiger partial charge in [0.25, 0.3) is 0 Å². The van der Waals surface area contributed by atoms with Crippen molar-refractivity contribution >= 4 is 22.6 Å². The minimum Gasteiger partial charge on any atom is -0.351 e. The van der Waals surface area contributed by atoms with Crippen LogP contribution in [0.15, 0.2) is 79.3 Å². The molecule has 0 radical (unpaired) electrons. The molecule has 0 saturated carbocycles. The van der Waals surface area contributed by atoms with E-state index in [1.807, 2.05) is 46.7 Å². The van der Waals surface area contributed by atoms with Crippen LogP contribution in [-0.2, 0) is 29.1 Å². The van der Waals surface area contributed by atoms with Gasteiger partial charge in [0.1, 0.15) is 0 Å². The van der Waals surface area contributed by atoms with E-state index in [9.17, 15) is 9.59 Å². The van der Waals surface area contributed by atoms with Gasteiger partial charge in [0.2, 0.25) is 11.8 Å². The van der Waals surface area contributed by atoms with Gasteiger partial charge in [-0.05, 0) is 39.9 Å². The van der Waals surface area contributed by atoms with Crippen LogP contribution in [0.1, 0.15) is 56.0 Å². The average molecular weight is 536 g/mol. The largest absolute Gasteiger partial charge is 0.351 e. The Morgan fingerprint density at radius 3 is 2.52 bits per heavy atom. The van der Waals surface area contributed by atoms with Crippen molar-refractivity contribution in [2.45, 2.75) is 59.2 Å². The molecule has 3 aromatic carbocycles. The zero-order chi connectivity index (χ0) is 28.5. The number of hydrogen-bond donors (Lipinski definition) is 1. The first-order chi connectivity index (χ1) is 19.4. The van der Waals surface area contributed by atoms with Crippen molar-refractivity contribution in [1.82, 2.24) is 19.8 Å². The van der Waals surface area contributed by atoms with Crippen LogP contribution in [0.25, 0.3) is 10.8 Å². The second-order valence-electron chi connectivity index (χ2n) is 10.3. The zero-order valence-electron chi connectivity index (χ0n) is 23.5. The summed E-state index contributed by atoms with van der Waals surface area (Å²) in [5, 5.41) is 14.6. The zero-order valence-corrected chi connectivity index (χ0v) is 23.5. The van der Waals surface area contributed by atoms with Crippen LogP contribution in [0.3, 0.4) is 0 Å². The third-order valence-corrected chi connectivity index (χ3v) is 7.57. The molecule has 1 aromatic heterocycles. The van der Waals surface area contributed by atoms with E-state index in [2.05, 4.69) is 54.5 Å². The molecule has 7 heteroatoms. The number of fused-ring (bicyclic) bond motifs is 1. The van der Waals surface area contributed by atoms with E-state index < -0.39 is 0 Å². The molecule has 0 saturated heterocycles. The summed E-state index contributed by atoms with van der Waals surface area (Å²) in [6.45, 7) is 7.60. The van der Waals surface area contributed by atoms with Crippen molar-refractivity contribution in [3.8, 4) is 6.07 Å². The number of rotatable bonds is 12. The Hall–Kier alpha value is -4.44. The normalized spacial score (nSPS) is 12.4. The Morgan fingerprint density at radius 1 is 1.05 bits per heavy atom. The lowest BCUT2D eigenvalue weighted by molar-refractivity contribution is -0.133. The topological polar surface area (TPSA) is 91.0 Å². The van der Waals surface area contributed by atoms with Gasteiger partial charge in [0.05, 0.1) is 24.4 Å². The van der Waals surface area contributed by atoms with Crippen molar-refractivity contribution in [2.75, 3.05) is 6.54 Å². The van der Waals surface area contributed by atoms with Crippen LogP contribution in [0, 0.1) is 17.2 Å². The number of amides is 2. The second-order valence-corrected chi connectivity index (χ2v) is 10.3. The number of hydrogen-bond acceptors (Lipinski definition) is 4. The van der Waals surface area contributed by atoms with Crippen molar-refractivity contribution in [3.05, 3.63) is 102 Å². The molecule has 1 N–H and O–H groups in total. The van der Waals surface area contributed by atoms with Crippen LogP contribution in [0.5, 0.6) is 0 Å². The third-order valence-electron chi connectivity index (χ3n) is 7.57. The van der Waals surface area contributed by atoms with Crippen LogP contribution in [0.2, 0.25) is 0 Å². The second kappa shape index (κ2) is 13.6. The first kappa shape index (κ1) is 28.6. The summed E-state index contributed by atoms with van der Waals surface area (Å²) in [6.07, 6.45) is 4.91. The van der Waals surface area contributed by atoms with Crippen LogP contribution in [-0.4, -0.2) is 38.9 Å². The lowest BCUT2D eigenvalue weighted by Gasteiger charge is -2.32. The standard InChI is InChI=1S/C33H37N5O2/c1-4-24(3)31(22-37(33(40)5-2)21-28-11-8-10-27-9-6-7-12-30(27)28)36-32(39)17-29-19-35-23-38(29)20-26-15-13-25(18-34)14-16-26/h6-16,19,23-24,31H,4-5,17,20-22H2,1-3H3,(H,36,39)/t24-,31+/m0/s1. The van der Waals surface area contributed by atoms with Crippen molar-refractivity contribution < 1.29 is 9.59 Å². The molecule has 40 heavy (non-hydrogen) atoms. The number of imidazole rings is 1. The van der Waals surface area contributed by atoms with Gasteiger partial charge in [-0.25, -0.2) is 4.98 Å². The molecular formula is C33H37N5O2. The molecule has 1 heterocycles. The van der Waals surface area contributed by atoms with Gasteiger partial charge in [0, 0.05) is 44.0 Å². The molecule has 0 aliphatic rings. The smallest absolute Gasteiger partial charge is 0.226 e. The molecule has 0 bridgehead atoms. The summed E-state index contributed by atoms with van der Waals surface area (Å²) in [5.41, 5.74) is 3.54. The Labute approximate surface area is 236 Å². The number of nitriles is 1. The van der Waals surface area contributed by atoms with Gasteiger partial charge in [-0.1, -0.05) is 81.8 Å². The molecule has 7 nitrogen and oxygen atoms in total. The maximum absolute atomic E-state index is 13.3. The summed E-state index contributed by atoms with van der Waals surface area (Å²) in [7, 11) is 0. The first-order valence-corrected chi connectivity index (χ1v) is 13.9. The van der Waals surface area contributed by atoms with E-state index in [1.165, 1.54) is 0 Å². The molecule has 4 aromatic rings. The maximum Gasteiger partial charge on any atom is 0.226 e. The maximum atomic E-state index is 13.3. The predicted octanol–water partition coefficient (Wildman–Crippen LogP) is 5.47. The van der Waals surface area contributed by atoms with E-state index in [-0.39, 0.29) is 30.2 Å². The fraction of sp³-hybridized carbons (Fsp3) is 0.333. The molecule has 0 unspecified atom stereocenters. The Kier molecular flexibility index (Phi) is 9.69. The summed E-state index contributed by atoms with van der Waals surface area (Å²) in [6, 6.07) is 23.8. The number of carbonyl (C=O) groups excluding carboxylic acids is 2. The first-order valence-electron chi connectivity index (χ1n) is 13.9. The molecule has 0 fully saturated rings. The van der Waals surface area contributed by atoms with Gasteiger partial charge in [-0.2, -0.15) is 5.26 Å². The van der Waals surface area contributed by atoms with E-state index in [4.69, 9.17) is 5.26 Å². The van der Waals surface area contributed by atoms with Gasteiger partial charge < -0.3 is 14.8 Å². The fourth-order valence-electron chi connectivity index (χ4n) is 4.95. The summed E-state index contributed by atoms with van der Waals surface area (Å²) in [4.78, 5) is 32.5.